The van der Waals surface area contributed by atoms with Crippen molar-refractivity contribution in [2.24, 2.45) is 0 Å². The minimum Gasteiger partial charge on any atom is -0.367 e. The Morgan fingerprint density at radius 2 is 1.59 bits per heavy atom. The molecule has 1 amide bonds. The van der Waals surface area contributed by atoms with Gasteiger partial charge in [0.25, 0.3) is 5.91 Å². The summed E-state index contributed by atoms with van der Waals surface area (Å²) in [5.41, 5.74) is 3.99. The Morgan fingerprint density at radius 3 is 2.19 bits per heavy atom. The largest absolute Gasteiger partial charge is 0.367 e. The van der Waals surface area contributed by atoms with Crippen LogP contribution in [0.15, 0.2) is 48.5 Å². The van der Waals surface area contributed by atoms with Crippen LogP contribution < -0.4 is 10.2 Å². The minimum atomic E-state index is -0.0601. The van der Waals surface area contributed by atoms with Crippen molar-refractivity contribution in [3.63, 3.8) is 0 Å². The number of nitrogens with one attached hydrogen (secondary N) is 1. The second-order valence-corrected chi connectivity index (χ2v) is 8.22. The molecule has 0 radical (unpaired) electrons. The fourth-order valence-corrected chi connectivity index (χ4v) is 3.48. The lowest BCUT2D eigenvalue weighted by molar-refractivity contribution is 0.102. The lowest BCUT2D eigenvalue weighted by Crippen LogP contribution is -2.46. The molecule has 4 heteroatoms. The van der Waals surface area contributed by atoms with E-state index in [1.807, 2.05) is 42.5 Å². The normalized spacial score (nSPS) is 15.6. The number of hydrogen-bond acceptors (Lipinski definition) is 3. The Bertz CT molecular complexity index is 769. The van der Waals surface area contributed by atoms with E-state index in [1.54, 1.807) is 0 Å². The van der Waals surface area contributed by atoms with E-state index in [9.17, 15) is 4.79 Å². The molecule has 144 valence electrons. The number of likely N-dealkylation sites (N-methyl/N-ethyl adjacent to an activating group) is 1. The van der Waals surface area contributed by atoms with Crippen LogP contribution in [0.5, 0.6) is 0 Å². The molecule has 1 aliphatic rings. The van der Waals surface area contributed by atoms with Gasteiger partial charge in [-0.15, -0.1) is 0 Å². The molecular weight excluding hydrogens is 334 g/mol. The van der Waals surface area contributed by atoms with Gasteiger partial charge in [-0.1, -0.05) is 52.0 Å². The molecule has 0 spiro atoms. The third kappa shape index (κ3) is 4.69. The van der Waals surface area contributed by atoms with Crippen molar-refractivity contribution in [2.45, 2.75) is 33.1 Å². The first-order valence-corrected chi connectivity index (χ1v) is 9.86. The van der Waals surface area contributed by atoms with Crippen molar-refractivity contribution < 1.29 is 4.79 Å². The van der Waals surface area contributed by atoms with Crippen LogP contribution in [0.3, 0.4) is 0 Å². The molecule has 2 aromatic carbocycles. The molecule has 3 rings (SSSR count). The zero-order valence-electron chi connectivity index (χ0n) is 17.0. The van der Waals surface area contributed by atoms with Crippen LogP contribution in [0.25, 0.3) is 0 Å². The number of amides is 1. The molecule has 1 saturated heterocycles. The summed E-state index contributed by atoms with van der Waals surface area (Å²) in [6.07, 6.45) is 0. The van der Waals surface area contributed by atoms with Crippen LogP contribution in [-0.4, -0.2) is 43.5 Å². The number of piperazine rings is 1. The fraction of sp³-hybridized carbons (Fsp3) is 0.435. The summed E-state index contributed by atoms with van der Waals surface area (Å²) in [5, 5.41) is 3.11. The van der Waals surface area contributed by atoms with Crippen molar-refractivity contribution in [1.29, 1.82) is 0 Å². The summed E-state index contributed by atoms with van der Waals surface area (Å²) >= 11 is 0. The minimum absolute atomic E-state index is 0.0601. The third-order valence-corrected chi connectivity index (χ3v) is 5.33. The van der Waals surface area contributed by atoms with Gasteiger partial charge in [0.15, 0.2) is 0 Å². The van der Waals surface area contributed by atoms with Crippen LogP contribution >= 0.6 is 0 Å². The maximum absolute atomic E-state index is 12.8. The molecule has 0 aromatic heterocycles. The average Bonchev–Trinajstić information content (AvgIpc) is 2.68. The van der Waals surface area contributed by atoms with E-state index >= 15 is 0 Å². The molecule has 4 nitrogen and oxygen atoms in total. The van der Waals surface area contributed by atoms with Gasteiger partial charge in [0.1, 0.15) is 0 Å². The smallest absolute Gasteiger partial charge is 0.255 e. The van der Waals surface area contributed by atoms with Gasteiger partial charge in [-0.25, -0.2) is 0 Å². The lowest BCUT2D eigenvalue weighted by Gasteiger charge is -2.36. The van der Waals surface area contributed by atoms with E-state index in [-0.39, 0.29) is 11.3 Å². The van der Waals surface area contributed by atoms with Crippen molar-refractivity contribution >= 4 is 17.3 Å². The first-order valence-electron chi connectivity index (χ1n) is 9.86. The number of carbonyl (C=O) groups excluding carboxylic acids is 1. The second-order valence-electron chi connectivity index (χ2n) is 8.22. The zero-order valence-corrected chi connectivity index (χ0v) is 17.0. The van der Waals surface area contributed by atoms with Crippen LogP contribution in [0.1, 0.15) is 43.6 Å². The van der Waals surface area contributed by atoms with Crippen LogP contribution in [0, 0.1) is 0 Å². The maximum atomic E-state index is 12.8. The number of para-hydroxylation sites is 2. The van der Waals surface area contributed by atoms with Crippen molar-refractivity contribution in [1.82, 2.24) is 4.90 Å². The van der Waals surface area contributed by atoms with Crippen molar-refractivity contribution in [3.05, 3.63) is 59.7 Å². The Hall–Kier alpha value is -2.33. The van der Waals surface area contributed by atoms with E-state index in [0.717, 1.165) is 44.1 Å². The average molecular weight is 366 g/mol. The van der Waals surface area contributed by atoms with E-state index in [0.29, 0.717) is 5.56 Å². The molecule has 1 heterocycles. The third-order valence-electron chi connectivity index (χ3n) is 5.33. The first-order chi connectivity index (χ1) is 12.9. The van der Waals surface area contributed by atoms with Gasteiger partial charge >= 0.3 is 0 Å². The zero-order chi connectivity index (χ0) is 19.4. The Morgan fingerprint density at radius 1 is 0.963 bits per heavy atom. The summed E-state index contributed by atoms with van der Waals surface area (Å²) in [7, 11) is 0. The highest BCUT2D eigenvalue weighted by Crippen LogP contribution is 2.27. The van der Waals surface area contributed by atoms with E-state index in [2.05, 4.69) is 48.9 Å². The van der Waals surface area contributed by atoms with Gasteiger partial charge in [-0.05, 0) is 41.8 Å². The summed E-state index contributed by atoms with van der Waals surface area (Å²) in [4.78, 5) is 17.6. The highest BCUT2D eigenvalue weighted by Gasteiger charge is 2.19. The topological polar surface area (TPSA) is 35.6 Å². The Balaban J connectivity index is 1.73. The maximum Gasteiger partial charge on any atom is 0.255 e. The Labute approximate surface area is 163 Å². The highest BCUT2D eigenvalue weighted by atomic mass is 16.1. The van der Waals surface area contributed by atoms with Gasteiger partial charge in [0, 0.05) is 31.7 Å². The molecule has 1 fully saturated rings. The SMILES string of the molecule is CCN1CCN(c2ccccc2NC(=O)c2ccc(C(C)(C)C)cc2)CC1. The van der Waals surface area contributed by atoms with Crippen molar-refractivity contribution in [3.8, 4) is 0 Å². The van der Waals surface area contributed by atoms with Crippen LogP contribution in [0.4, 0.5) is 11.4 Å². The molecule has 2 aromatic rings. The summed E-state index contributed by atoms with van der Waals surface area (Å²) in [6, 6.07) is 16.0. The molecular formula is C23H31N3O. The number of carbonyl (C=O) groups is 1. The van der Waals surface area contributed by atoms with Gasteiger partial charge < -0.3 is 15.1 Å². The Kier molecular flexibility index (Phi) is 5.85. The molecule has 1 N–H and O–H groups in total. The number of nitrogens with zero attached hydrogens (tertiary/aromatic N) is 2. The monoisotopic (exact) mass is 365 g/mol. The summed E-state index contributed by atoms with van der Waals surface area (Å²) in [5.74, 6) is -0.0601. The predicted octanol–water partition coefficient (Wildman–Crippen LogP) is 4.38. The fourth-order valence-electron chi connectivity index (χ4n) is 3.48. The van der Waals surface area contributed by atoms with Crippen LogP contribution in [-0.2, 0) is 5.41 Å². The highest BCUT2D eigenvalue weighted by molar-refractivity contribution is 6.06. The molecule has 1 aliphatic heterocycles. The van der Waals surface area contributed by atoms with Gasteiger partial charge in [0.05, 0.1) is 11.4 Å². The lowest BCUT2D eigenvalue weighted by atomic mass is 9.87. The number of anilines is 2. The molecule has 0 bridgehead atoms. The van der Waals surface area contributed by atoms with Gasteiger partial charge in [-0.3, -0.25) is 4.79 Å². The van der Waals surface area contributed by atoms with Crippen molar-refractivity contribution in [2.75, 3.05) is 42.9 Å². The van der Waals surface area contributed by atoms with Gasteiger partial charge in [0.2, 0.25) is 0 Å². The number of rotatable bonds is 4. The number of benzene rings is 2. The van der Waals surface area contributed by atoms with E-state index < -0.39 is 0 Å². The summed E-state index contributed by atoms with van der Waals surface area (Å²) < 4.78 is 0. The molecule has 0 saturated carbocycles. The molecule has 27 heavy (non-hydrogen) atoms. The first kappa shape index (κ1) is 19.4. The molecule has 0 atom stereocenters. The number of hydrogen-bond donors (Lipinski definition) is 1. The molecule has 0 aliphatic carbocycles. The summed E-state index contributed by atoms with van der Waals surface area (Å²) in [6.45, 7) is 13.9. The van der Waals surface area contributed by atoms with E-state index in [4.69, 9.17) is 0 Å². The standard InChI is InChI=1S/C23H31N3O/c1-5-25-14-16-26(17-15-25)21-9-7-6-8-20(21)24-22(27)18-10-12-19(13-11-18)23(2,3)4/h6-13H,5,14-17H2,1-4H3,(H,24,27). The predicted molar refractivity (Wildman–Crippen MR) is 114 cm³/mol. The van der Waals surface area contributed by atoms with Crippen LogP contribution in [0.2, 0.25) is 0 Å². The second kappa shape index (κ2) is 8.13. The van der Waals surface area contributed by atoms with Gasteiger partial charge in [-0.2, -0.15) is 0 Å². The molecule has 0 unspecified atom stereocenters. The quantitative estimate of drug-likeness (QED) is 0.873. The van der Waals surface area contributed by atoms with E-state index in [1.165, 1.54) is 5.56 Å².